The predicted molar refractivity (Wildman–Crippen MR) is 78.0 cm³/mol. The summed E-state index contributed by atoms with van der Waals surface area (Å²) in [5.41, 5.74) is 0. The largest absolute Gasteiger partial charge is 0.478 e. The number of carboxylic acid groups (broad SMARTS) is 4. The number of carboxylic acids is 4. The molecule has 1 saturated heterocycles. The van der Waals surface area contributed by atoms with Crippen LogP contribution in [0, 0.1) is 17.2 Å². The maximum Gasteiger partial charge on any atom is 0.328 e. The Labute approximate surface area is 136 Å². The smallest absolute Gasteiger partial charge is 0.328 e. The minimum Gasteiger partial charge on any atom is -0.478 e. The van der Waals surface area contributed by atoms with E-state index in [1.807, 2.05) is 0 Å². The van der Waals surface area contributed by atoms with Crippen molar-refractivity contribution >= 4 is 23.9 Å². The Bertz CT molecular complexity index is 459. The highest BCUT2D eigenvalue weighted by molar-refractivity contribution is 5.90. The zero-order valence-corrected chi connectivity index (χ0v) is 12.5. The molecule has 24 heavy (non-hydrogen) atoms. The molecule has 10 heteroatoms. The molecule has 0 amide bonds. The van der Waals surface area contributed by atoms with Crippen molar-refractivity contribution in [1.29, 1.82) is 5.26 Å². The number of ether oxygens (including phenoxy) is 1. The fourth-order valence-electron chi connectivity index (χ4n) is 1.11. The minimum atomic E-state index is -1.26. The molecule has 10 nitrogen and oxygen atoms in total. The van der Waals surface area contributed by atoms with Gasteiger partial charge in [0.1, 0.15) is 0 Å². The number of aliphatic carboxylic acids is 4. The number of hydrogen-bond acceptors (Lipinski definition) is 6. The fraction of sp³-hybridized carbons (Fsp3) is 0.357. The SMILES string of the molecule is N#CC1CCOCC1.O=C(O)/C=C\C(=O)O.O=C(O)/C=C\C(=O)O. The van der Waals surface area contributed by atoms with Crippen molar-refractivity contribution in [2.24, 2.45) is 5.92 Å². The van der Waals surface area contributed by atoms with Gasteiger partial charge in [-0.05, 0) is 12.8 Å². The number of carbonyl (C=O) groups is 4. The van der Waals surface area contributed by atoms with Crippen LogP contribution in [0.5, 0.6) is 0 Å². The third-order valence-corrected chi connectivity index (χ3v) is 2.14. The van der Waals surface area contributed by atoms with Crippen molar-refractivity contribution < 1.29 is 44.3 Å². The number of nitrogens with zero attached hydrogens (tertiary/aromatic N) is 1. The molecule has 0 spiro atoms. The van der Waals surface area contributed by atoms with Crippen LogP contribution >= 0.6 is 0 Å². The summed E-state index contributed by atoms with van der Waals surface area (Å²) in [4.78, 5) is 38.2. The zero-order valence-electron chi connectivity index (χ0n) is 12.5. The number of hydrogen-bond donors (Lipinski definition) is 4. The van der Waals surface area contributed by atoms with E-state index < -0.39 is 23.9 Å². The van der Waals surface area contributed by atoms with Gasteiger partial charge in [0.25, 0.3) is 0 Å². The summed E-state index contributed by atoms with van der Waals surface area (Å²) in [5, 5.41) is 39.6. The van der Waals surface area contributed by atoms with Gasteiger partial charge >= 0.3 is 23.9 Å². The molecule has 0 unspecified atom stereocenters. The molecule has 0 aliphatic carbocycles. The van der Waals surface area contributed by atoms with Crippen LogP contribution in [-0.4, -0.2) is 57.5 Å². The zero-order chi connectivity index (χ0) is 19.0. The Morgan fingerprint density at radius 2 is 1.08 bits per heavy atom. The van der Waals surface area contributed by atoms with Crippen LogP contribution in [-0.2, 0) is 23.9 Å². The lowest BCUT2D eigenvalue weighted by Crippen LogP contribution is -2.13. The Morgan fingerprint density at radius 1 is 0.792 bits per heavy atom. The highest BCUT2D eigenvalue weighted by Crippen LogP contribution is 2.12. The second kappa shape index (κ2) is 14.7. The predicted octanol–water partition coefficient (Wildman–Crippen LogP) is 0.360. The lowest BCUT2D eigenvalue weighted by atomic mass is 10.0. The van der Waals surface area contributed by atoms with Crippen LogP contribution < -0.4 is 0 Å². The van der Waals surface area contributed by atoms with Gasteiger partial charge in [0.2, 0.25) is 0 Å². The van der Waals surface area contributed by atoms with Crippen molar-refractivity contribution in [1.82, 2.24) is 0 Å². The molecule has 0 radical (unpaired) electrons. The van der Waals surface area contributed by atoms with Gasteiger partial charge in [0.05, 0.1) is 12.0 Å². The van der Waals surface area contributed by atoms with E-state index in [2.05, 4.69) is 6.07 Å². The standard InChI is InChI=1S/C6H9NO.2C4H4O4/c7-5-6-1-3-8-4-2-6;2*5-3(6)1-2-4(7)8/h6H,1-4H2;2*1-2H,(H,5,6)(H,7,8)/b;2*2-1-. The first-order chi connectivity index (χ1) is 11.2. The van der Waals surface area contributed by atoms with Gasteiger partial charge < -0.3 is 25.2 Å². The highest BCUT2D eigenvalue weighted by atomic mass is 16.5. The first-order valence-electron chi connectivity index (χ1n) is 6.44. The maximum absolute atomic E-state index is 9.55. The molecule has 132 valence electrons. The Morgan fingerprint density at radius 3 is 1.25 bits per heavy atom. The summed E-state index contributed by atoms with van der Waals surface area (Å²) >= 11 is 0. The van der Waals surface area contributed by atoms with Gasteiger partial charge in [-0.3, -0.25) is 0 Å². The average Bonchev–Trinajstić information content (AvgIpc) is 2.53. The molecule has 4 N–H and O–H groups in total. The first-order valence-corrected chi connectivity index (χ1v) is 6.44. The molecule has 1 heterocycles. The molecule has 0 aromatic carbocycles. The van der Waals surface area contributed by atoms with Gasteiger partial charge in [-0.25, -0.2) is 19.2 Å². The number of rotatable bonds is 4. The second-order valence-electron chi connectivity index (χ2n) is 4.04. The van der Waals surface area contributed by atoms with Crippen LogP contribution in [0.4, 0.5) is 0 Å². The maximum atomic E-state index is 9.55. The molecule has 1 aliphatic rings. The van der Waals surface area contributed by atoms with Gasteiger partial charge in [0.15, 0.2) is 0 Å². The second-order valence-corrected chi connectivity index (χ2v) is 4.04. The summed E-state index contributed by atoms with van der Waals surface area (Å²) in [7, 11) is 0. The Hall–Kier alpha value is -3.19. The van der Waals surface area contributed by atoms with Gasteiger partial charge in [-0.2, -0.15) is 5.26 Å². The van der Waals surface area contributed by atoms with E-state index in [1.54, 1.807) is 0 Å². The molecule has 0 bridgehead atoms. The van der Waals surface area contributed by atoms with Gasteiger partial charge in [-0.1, -0.05) is 0 Å². The molecule has 1 aliphatic heterocycles. The molecule has 0 saturated carbocycles. The Balaban J connectivity index is 0. The van der Waals surface area contributed by atoms with E-state index in [1.165, 1.54) is 0 Å². The van der Waals surface area contributed by atoms with Crippen LogP contribution in [0.1, 0.15) is 12.8 Å². The quantitative estimate of drug-likeness (QED) is 0.520. The van der Waals surface area contributed by atoms with E-state index in [0.29, 0.717) is 24.3 Å². The van der Waals surface area contributed by atoms with Crippen molar-refractivity contribution in [3.8, 4) is 6.07 Å². The third kappa shape index (κ3) is 21.1. The van der Waals surface area contributed by atoms with Crippen molar-refractivity contribution in [3.63, 3.8) is 0 Å². The van der Waals surface area contributed by atoms with E-state index in [4.69, 9.17) is 30.4 Å². The summed E-state index contributed by atoms with van der Waals surface area (Å²) < 4.78 is 5.05. The first kappa shape index (κ1) is 23.1. The van der Waals surface area contributed by atoms with Crippen molar-refractivity contribution in [2.45, 2.75) is 12.8 Å². The highest BCUT2D eigenvalue weighted by Gasteiger charge is 2.11. The van der Waals surface area contributed by atoms with Crippen molar-refractivity contribution in [3.05, 3.63) is 24.3 Å². The van der Waals surface area contributed by atoms with Crippen molar-refractivity contribution in [2.75, 3.05) is 13.2 Å². The third-order valence-electron chi connectivity index (χ3n) is 2.14. The monoisotopic (exact) mass is 343 g/mol. The summed E-state index contributed by atoms with van der Waals surface area (Å²) in [6.45, 7) is 1.55. The summed E-state index contributed by atoms with van der Waals surface area (Å²) in [5.74, 6) is -4.76. The minimum absolute atomic E-state index is 0.267. The lowest BCUT2D eigenvalue weighted by molar-refractivity contribution is -0.134. The molecule has 0 aromatic rings. The van der Waals surface area contributed by atoms with Gasteiger partial charge in [0, 0.05) is 37.5 Å². The lowest BCUT2D eigenvalue weighted by Gasteiger charge is -2.14. The Kier molecular flexibility index (Phi) is 14.2. The summed E-state index contributed by atoms with van der Waals surface area (Å²) in [6, 6.07) is 2.22. The molecule has 0 atom stereocenters. The van der Waals surface area contributed by atoms with E-state index in [-0.39, 0.29) is 5.92 Å². The average molecular weight is 343 g/mol. The normalized spacial score (nSPS) is 13.8. The molecular weight excluding hydrogens is 326 g/mol. The number of nitriles is 1. The molecule has 1 rings (SSSR count). The fourth-order valence-corrected chi connectivity index (χ4v) is 1.11. The topological polar surface area (TPSA) is 182 Å². The van der Waals surface area contributed by atoms with Crippen LogP contribution in [0.15, 0.2) is 24.3 Å². The van der Waals surface area contributed by atoms with Crippen LogP contribution in [0.25, 0.3) is 0 Å². The van der Waals surface area contributed by atoms with E-state index in [0.717, 1.165) is 26.1 Å². The summed E-state index contributed by atoms with van der Waals surface area (Å²) in [6.07, 6.45) is 4.09. The molecule has 0 aromatic heterocycles. The van der Waals surface area contributed by atoms with Gasteiger partial charge in [-0.15, -0.1) is 0 Å². The van der Waals surface area contributed by atoms with E-state index in [9.17, 15) is 19.2 Å². The molecular formula is C14H17NO9. The van der Waals surface area contributed by atoms with Crippen LogP contribution in [0.2, 0.25) is 0 Å². The van der Waals surface area contributed by atoms with E-state index >= 15 is 0 Å². The molecule has 1 fully saturated rings. The van der Waals surface area contributed by atoms with Crippen LogP contribution in [0.3, 0.4) is 0 Å².